The van der Waals surface area contributed by atoms with Gasteiger partial charge in [0.15, 0.2) is 0 Å². The van der Waals surface area contributed by atoms with Crippen LogP contribution in [0.25, 0.3) is 0 Å². The van der Waals surface area contributed by atoms with Crippen molar-refractivity contribution in [3.8, 4) is 0 Å². The molecule has 15 heavy (non-hydrogen) atoms. The van der Waals surface area contributed by atoms with Gasteiger partial charge in [0.1, 0.15) is 0 Å². The van der Waals surface area contributed by atoms with Crippen LogP contribution in [0.1, 0.15) is 26.2 Å². The van der Waals surface area contributed by atoms with Crippen LogP contribution in [0.3, 0.4) is 0 Å². The van der Waals surface area contributed by atoms with Crippen molar-refractivity contribution in [1.29, 1.82) is 0 Å². The van der Waals surface area contributed by atoms with Gasteiger partial charge in [-0.2, -0.15) is 0 Å². The molecule has 0 aromatic carbocycles. The molecule has 2 aliphatic carbocycles. The van der Waals surface area contributed by atoms with Crippen molar-refractivity contribution in [2.45, 2.75) is 26.2 Å². The van der Waals surface area contributed by atoms with Crippen molar-refractivity contribution in [2.24, 2.45) is 5.92 Å². The normalized spacial score (nSPS) is 25.0. The molecule has 0 radical (unpaired) electrons. The summed E-state index contributed by atoms with van der Waals surface area (Å²) in [6, 6.07) is 0. The highest BCUT2D eigenvalue weighted by Crippen LogP contribution is 2.24. The average Bonchev–Trinajstić information content (AvgIpc) is 2.74. The lowest BCUT2D eigenvalue weighted by molar-refractivity contribution is 0.567. The Morgan fingerprint density at radius 1 is 1.27 bits per heavy atom. The standard InChI is InChI=1S/C15H18/c1-13-9-11-15(12-10-13)8-4-7-14-5-2-3-6-14/h2-9,15H,10-12H2,1H3/b8-4-. The summed E-state index contributed by atoms with van der Waals surface area (Å²) in [4.78, 5) is 0. The zero-order chi connectivity index (χ0) is 10.5. The number of allylic oxidation sites excluding steroid dienone is 10. The summed E-state index contributed by atoms with van der Waals surface area (Å²) in [7, 11) is 0. The van der Waals surface area contributed by atoms with Crippen LogP contribution in [0, 0.1) is 5.92 Å². The Morgan fingerprint density at radius 3 is 2.73 bits per heavy atom. The molecule has 0 nitrogen and oxygen atoms in total. The molecule has 0 N–H and O–H groups in total. The molecule has 78 valence electrons. The molecule has 2 rings (SSSR count). The van der Waals surface area contributed by atoms with Gasteiger partial charge in [0, 0.05) is 0 Å². The van der Waals surface area contributed by atoms with Crippen LogP contribution in [0.4, 0.5) is 0 Å². The van der Waals surface area contributed by atoms with Crippen LogP contribution in [0.15, 0.2) is 59.8 Å². The van der Waals surface area contributed by atoms with Crippen LogP contribution in [0.5, 0.6) is 0 Å². The van der Waals surface area contributed by atoms with E-state index in [1.165, 1.54) is 24.8 Å². The zero-order valence-corrected chi connectivity index (χ0v) is 9.32. The van der Waals surface area contributed by atoms with Crippen LogP contribution in [-0.2, 0) is 0 Å². The minimum atomic E-state index is 0.750. The topological polar surface area (TPSA) is 0 Å². The smallest absolute Gasteiger partial charge is 0.0193 e. The van der Waals surface area contributed by atoms with E-state index in [9.17, 15) is 0 Å². The van der Waals surface area contributed by atoms with Crippen molar-refractivity contribution in [1.82, 2.24) is 0 Å². The van der Waals surface area contributed by atoms with E-state index in [0.29, 0.717) is 0 Å². The zero-order valence-electron chi connectivity index (χ0n) is 9.32. The predicted octanol–water partition coefficient (Wildman–Crippen LogP) is 4.34. The van der Waals surface area contributed by atoms with Gasteiger partial charge in [-0.3, -0.25) is 0 Å². The van der Waals surface area contributed by atoms with Crippen molar-refractivity contribution >= 4 is 0 Å². The van der Waals surface area contributed by atoms with Gasteiger partial charge in [0.25, 0.3) is 0 Å². The molecule has 0 aromatic rings. The van der Waals surface area contributed by atoms with Crippen molar-refractivity contribution in [3.05, 3.63) is 59.8 Å². The van der Waals surface area contributed by atoms with Gasteiger partial charge in [-0.1, -0.05) is 54.2 Å². The number of hydrogen-bond donors (Lipinski definition) is 0. The molecule has 0 amide bonds. The van der Waals surface area contributed by atoms with E-state index >= 15 is 0 Å². The maximum atomic E-state index is 2.38. The van der Waals surface area contributed by atoms with Crippen molar-refractivity contribution in [2.75, 3.05) is 0 Å². The lowest BCUT2D eigenvalue weighted by atomic mass is 9.90. The fourth-order valence-corrected chi connectivity index (χ4v) is 1.98. The highest BCUT2D eigenvalue weighted by molar-refractivity contribution is 5.41. The number of hydrogen-bond acceptors (Lipinski definition) is 0. The summed E-state index contributed by atoms with van der Waals surface area (Å²) in [5.41, 5.74) is 2.86. The van der Waals surface area contributed by atoms with Gasteiger partial charge in [0.2, 0.25) is 0 Å². The summed E-state index contributed by atoms with van der Waals surface area (Å²) >= 11 is 0. The molecular formula is C15H18. The molecule has 0 aromatic heterocycles. The lowest BCUT2D eigenvalue weighted by Gasteiger charge is -2.16. The fourth-order valence-electron chi connectivity index (χ4n) is 1.98. The highest BCUT2D eigenvalue weighted by Gasteiger charge is 2.08. The Balaban J connectivity index is 1.87. The molecular weight excluding hydrogens is 180 g/mol. The van der Waals surface area contributed by atoms with Crippen molar-refractivity contribution < 1.29 is 0 Å². The van der Waals surface area contributed by atoms with Crippen LogP contribution in [0.2, 0.25) is 0 Å². The first kappa shape index (κ1) is 10.2. The third-order valence-electron chi connectivity index (χ3n) is 3.04. The first-order valence-corrected chi connectivity index (χ1v) is 5.73. The second kappa shape index (κ2) is 4.97. The Hall–Kier alpha value is -1.30. The quantitative estimate of drug-likeness (QED) is 0.579. The summed E-state index contributed by atoms with van der Waals surface area (Å²) in [6.07, 6.45) is 21.3. The molecule has 0 saturated carbocycles. The van der Waals surface area contributed by atoms with E-state index < -0.39 is 0 Å². The molecule has 0 aliphatic heterocycles. The van der Waals surface area contributed by atoms with Gasteiger partial charge in [0.05, 0.1) is 0 Å². The first-order chi connectivity index (χ1) is 7.34. The van der Waals surface area contributed by atoms with Gasteiger partial charge in [-0.05, 0) is 37.7 Å². The summed E-state index contributed by atoms with van der Waals surface area (Å²) in [5.74, 6) is 0.750. The molecule has 0 heterocycles. The van der Waals surface area contributed by atoms with Crippen LogP contribution >= 0.6 is 0 Å². The Morgan fingerprint density at radius 2 is 2.07 bits per heavy atom. The van der Waals surface area contributed by atoms with Gasteiger partial charge in [-0.25, -0.2) is 0 Å². The fraction of sp³-hybridized carbons (Fsp3) is 0.333. The summed E-state index contributed by atoms with van der Waals surface area (Å²) in [6.45, 7) is 2.23. The predicted molar refractivity (Wildman–Crippen MR) is 66.6 cm³/mol. The maximum Gasteiger partial charge on any atom is -0.0193 e. The second-order valence-electron chi connectivity index (χ2n) is 4.35. The van der Waals surface area contributed by atoms with E-state index in [4.69, 9.17) is 0 Å². The molecule has 0 fully saturated rings. The Bertz CT molecular complexity index is 347. The van der Waals surface area contributed by atoms with Crippen LogP contribution in [-0.4, -0.2) is 0 Å². The third-order valence-corrected chi connectivity index (χ3v) is 3.04. The van der Waals surface area contributed by atoms with Gasteiger partial charge >= 0.3 is 0 Å². The molecule has 0 heteroatoms. The van der Waals surface area contributed by atoms with E-state index in [-0.39, 0.29) is 0 Å². The van der Waals surface area contributed by atoms with Gasteiger partial charge in [-0.15, -0.1) is 0 Å². The minimum Gasteiger partial charge on any atom is -0.0850 e. The minimum absolute atomic E-state index is 0.750. The Labute approximate surface area is 92.4 Å². The van der Waals surface area contributed by atoms with E-state index in [1.807, 2.05) is 0 Å². The van der Waals surface area contributed by atoms with Crippen molar-refractivity contribution in [3.63, 3.8) is 0 Å². The monoisotopic (exact) mass is 198 g/mol. The molecule has 0 saturated heterocycles. The molecule has 0 spiro atoms. The lowest BCUT2D eigenvalue weighted by Crippen LogP contribution is -2.00. The largest absolute Gasteiger partial charge is 0.0850 e. The van der Waals surface area contributed by atoms with Crippen LogP contribution < -0.4 is 0 Å². The third kappa shape index (κ3) is 3.09. The SMILES string of the molecule is CC1=CCC(/C=C\C=C2C=CC=C2)CC1. The molecule has 0 bridgehead atoms. The summed E-state index contributed by atoms with van der Waals surface area (Å²) < 4.78 is 0. The van der Waals surface area contributed by atoms with E-state index in [2.05, 4.69) is 55.5 Å². The molecule has 1 unspecified atom stereocenters. The average molecular weight is 198 g/mol. The van der Waals surface area contributed by atoms with E-state index in [0.717, 1.165) is 5.92 Å². The molecule has 1 atom stereocenters. The Kier molecular flexibility index (Phi) is 3.39. The highest BCUT2D eigenvalue weighted by atomic mass is 14.1. The second-order valence-corrected chi connectivity index (χ2v) is 4.35. The van der Waals surface area contributed by atoms with E-state index in [1.54, 1.807) is 5.57 Å². The first-order valence-electron chi connectivity index (χ1n) is 5.73. The van der Waals surface area contributed by atoms with Gasteiger partial charge < -0.3 is 0 Å². The number of rotatable bonds is 2. The summed E-state index contributed by atoms with van der Waals surface area (Å²) in [5, 5.41) is 0. The molecule has 2 aliphatic rings. The maximum absolute atomic E-state index is 2.38.